The molecule has 6 heteroatoms. The highest BCUT2D eigenvalue weighted by Crippen LogP contribution is 2.25. The minimum Gasteiger partial charge on any atom is -0.497 e. The fraction of sp³-hybridized carbons (Fsp3) is 0.133. The van der Waals surface area contributed by atoms with Gasteiger partial charge in [-0.1, -0.05) is 12.1 Å². The largest absolute Gasteiger partial charge is 0.497 e. The van der Waals surface area contributed by atoms with Crippen molar-refractivity contribution in [3.63, 3.8) is 0 Å². The van der Waals surface area contributed by atoms with Gasteiger partial charge in [-0.05, 0) is 43.4 Å². The Kier molecular flexibility index (Phi) is 3.53. The summed E-state index contributed by atoms with van der Waals surface area (Å²) in [5, 5.41) is 5.73. The first kappa shape index (κ1) is 13.5. The Morgan fingerprint density at radius 1 is 1.10 bits per heavy atom. The molecule has 0 aliphatic carbocycles. The molecule has 0 atom stereocenters. The maximum absolute atomic E-state index is 5.24. The molecular weight excluding hydrogens is 284 g/mol. The number of nitrogens with zero attached hydrogens (tertiary/aromatic N) is 2. The number of H-pyrrole nitrogens is 2. The number of methoxy groups -OCH3 is 1. The smallest absolute Gasteiger partial charge is 0.213 e. The van der Waals surface area contributed by atoms with Crippen LogP contribution in [0.15, 0.2) is 36.4 Å². The van der Waals surface area contributed by atoms with Crippen molar-refractivity contribution in [2.75, 3.05) is 7.11 Å². The van der Waals surface area contributed by atoms with Crippen LogP contribution in [-0.4, -0.2) is 27.3 Å². The summed E-state index contributed by atoms with van der Waals surface area (Å²) in [4.78, 5) is 8.86. The first-order chi connectivity index (χ1) is 10.2. The Morgan fingerprint density at radius 3 is 2.62 bits per heavy atom. The van der Waals surface area contributed by atoms with Gasteiger partial charge in [-0.25, -0.2) is 0 Å². The highest BCUT2D eigenvalue weighted by Gasteiger charge is 2.09. The number of aromatic nitrogens is 4. The Labute approximate surface area is 127 Å². The first-order valence-corrected chi connectivity index (χ1v) is 6.85. The van der Waals surface area contributed by atoms with Crippen LogP contribution in [0, 0.1) is 11.7 Å². The topological polar surface area (TPSA) is 66.6 Å². The Bertz CT molecular complexity index is 837. The summed E-state index contributed by atoms with van der Waals surface area (Å²) in [6.07, 6.45) is 0. The highest BCUT2D eigenvalue weighted by atomic mass is 32.1. The van der Waals surface area contributed by atoms with Gasteiger partial charge in [-0.2, -0.15) is 4.98 Å². The lowest BCUT2D eigenvalue weighted by Crippen LogP contribution is -1.93. The molecule has 3 aromatic rings. The van der Waals surface area contributed by atoms with Crippen molar-refractivity contribution in [3.8, 4) is 28.4 Å². The average Bonchev–Trinajstić information content (AvgIpc) is 2.93. The summed E-state index contributed by atoms with van der Waals surface area (Å²) in [6, 6.07) is 11.8. The molecule has 2 heterocycles. The average molecular weight is 298 g/mol. The molecule has 21 heavy (non-hydrogen) atoms. The number of aryl methyl sites for hydroxylation is 1. The Hall–Kier alpha value is -2.47. The molecule has 0 spiro atoms. The normalized spacial score (nSPS) is 10.6. The van der Waals surface area contributed by atoms with Crippen molar-refractivity contribution in [1.82, 2.24) is 20.2 Å². The Balaban J connectivity index is 2.02. The molecule has 0 radical (unpaired) electrons. The second-order valence-electron chi connectivity index (χ2n) is 4.58. The highest BCUT2D eigenvalue weighted by molar-refractivity contribution is 7.71. The van der Waals surface area contributed by atoms with Crippen LogP contribution in [0.2, 0.25) is 0 Å². The maximum atomic E-state index is 5.24. The summed E-state index contributed by atoms with van der Waals surface area (Å²) in [7, 11) is 1.65. The molecule has 5 nitrogen and oxygen atoms in total. The lowest BCUT2D eigenvalue weighted by Gasteiger charge is -2.07. The van der Waals surface area contributed by atoms with Gasteiger partial charge >= 0.3 is 0 Å². The van der Waals surface area contributed by atoms with Crippen LogP contribution in [0.3, 0.4) is 0 Å². The van der Waals surface area contributed by atoms with E-state index in [9.17, 15) is 0 Å². The molecule has 106 valence electrons. The predicted molar refractivity (Wildman–Crippen MR) is 83.7 cm³/mol. The van der Waals surface area contributed by atoms with Crippen molar-refractivity contribution in [3.05, 3.63) is 46.9 Å². The molecule has 2 N–H and O–H groups in total. The monoisotopic (exact) mass is 298 g/mol. The third-order valence-corrected chi connectivity index (χ3v) is 3.40. The van der Waals surface area contributed by atoms with Crippen molar-refractivity contribution in [2.45, 2.75) is 6.92 Å². The quantitative estimate of drug-likeness (QED) is 0.726. The number of hydrogen-bond donors (Lipinski definition) is 2. The van der Waals surface area contributed by atoms with Crippen molar-refractivity contribution in [1.29, 1.82) is 0 Å². The van der Waals surface area contributed by atoms with Gasteiger partial charge in [-0.15, -0.1) is 0 Å². The van der Waals surface area contributed by atoms with E-state index >= 15 is 0 Å². The SMILES string of the molecule is COc1cccc(-c2ccc(-c3nc(=S)[nH][nH]3)c(C)n2)c1. The third kappa shape index (κ3) is 2.71. The zero-order chi connectivity index (χ0) is 14.8. The van der Waals surface area contributed by atoms with Gasteiger partial charge in [0.1, 0.15) is 5.75 Å². The zero-order valence-corrected chi connectivity index (χ0v) is 12.5. The van der Waals surface area contributed by atoms with Crippen LogP contribution in [0.1, 0.15) is 5.69 Å². The number of rotatable bonds is 3. The number of pyridine rings is 1. The van der Waals surface area contributed by atoms with Gasteiger partial charge in [0.05, 0.1) is 12.8 Å². The second kappa shape index (κ2) is 5.49. The van der Waals surface area contributed by atoms with Crippen molar-refractivity contribution < 1.29 is 4.74 Å². The zero-order valence-electron chi connectivity index (χ0n) is 11.7. The molecule has 2 aromatic heterocycles. The van der Waals surface area contributed by atoms with Crippen LogP contribution in [-0.2, 0) is 0 Å². The van der Waals surface area contributed by atoms with Crippen LogP contribution in [0.5, 0.6) is 5.75 Å². The molecule has 3 rings (SSSR count). The van der Waals surface area contributed by atoms with Crippen molar-refractivity contribution >= 4 is 12.2 Å². The lowest BCUT2D eigenvalue weighted by molar-refractivity contribution is 0.415. The molecular formula is C15H14N4OS. The van der Waals surface area contributed by atoms with E-state index in [0.29, 0.717) is 10.6 Å². The van der Waals surface area contributed by atoms with E-state index in [2.05, 4.69) is 20.2 Å². The standard InChI is InChI=1S/C15H14N4OS/c1-9-12(14-17-15(21)19-18-14)6-7-13(16-9)10-4-3-5-11(8-10)20-2/h3-8H,1-2H3,(H2,17,18,19,21). The molecule has 0 aliphatic rings. The summed E-state index contributed by atoms with van der Waals surface area (Å²) < 4.78 is 5.68. The minimum atomic E-state index is 0.432. The van der Waals surface area contributed by atoms with Crippen LogP contribution in [0.4, 0.5) is 0 Å². The molecule has 0 amide bonds. The number of benzene rings is 1. The molecule has 0 unspecified atom stereocenters. The number of nitrogens with one attached hydrogen (secondary N) is 2. The predicted octanol–water partition coefficient (Wildman–Crippen LogP) is 3.51. The van der Waals surface area contributed by atoms with E-state index in [1.807, 2.05) is 43.3 Å². The summed E-state index contributed by atoms with van der Waals surface area (Å²) in [6.45, 7) is 1.95. The second-order valence-corrected chi connectivity index (χ2v) is 4.96. The molecule has 1 aromatic carbocycles. The van der Waals surface area contributed by atoms with E-state index in [-0.39, 0.29) is 0 Å². The summed E-state index contributed by atoms with van der Waals surface area (Å²) in [5.41, 5.74) is 3.71. The molecule has 0 saturated carbocycles. The van der Waals surface area contributed by atoms with Gasteiger partial charge in [0.15, 0.2) is 5.82 Å². The van der Waals surface area contributed by atoms with Crippen LogP contribution in [0.25, 0.3) is 22.6 Å². The van der Waals surface area contributed by atoms with Crippen molar-refractivity contribution in [2.24, 2.45) is 0 Å². The maximum Gasteiger partial charge on any atom is 0.213 e. The van der Waals surface area contributed by atoms with E-state index in [4.69, 9.17) is 17.0 Å². The lowest BCUT2D eigenvalue weighted by atomic mass is 10.1. The summed E-state index contributed by atoms with van der Waals surface area (Å²) in [5.74, 6) is 1.51. The van der Waals surface area contributed by atoms with Gasteiger partial charge in [0.2, 0.25) is 4.77 Å². The summed E-state index contributed by atoms with van der Waals surface area (Å²) >= 11 is 4.97. The Morgan fingerprint density at radius 2 is 1.95 bits per heavy atom. The molecule has 0 fully saturated rings. The third-order valence-electron chi connectivity index (χ3n) is 3.21. The van der Waals surface area contributed by atoms with Crippen LogP contribution >= 0.6 is 12.2 Å². The van der Waals surface area contributed by atoms with E-state index in [1.54, 1.807) is 7.11 Å². The van der Waals surface area contributed by atoms with Gasteiger partial charge in [0.25, 0.3) is 0 Å². The van der Waals surface area contributed by atoms with E-state index in [1.165, 1.54) is 0 Å². The molecule has 0 bridgehead atoms. The first-order valence-electron chi connectivity index (χ1n) is 6.44. The van der Waals surface area contributed by atoms with E-state index in [0.717, 1.165) is 28.3 Å². The van der Waals surface area contributed by atoms with Gasteiger partial charge in [-0.3, -0.25) is 15.2 Å². The van der Waals surface area contributed by atoms with Gasteiger partial charge in [0, 0.05) is 16.8 Å². The minimum absolute atomic E-state index is 0.432. The molecule has 0 saturated heterocycles. The fourth-order valence-electron chi connectivity index (χ4n) is 2.15. The molecule has 0 aliphatic heterocycles. The number of ether oxygens (including phenoxy) is 1. The fourth-order valence-corrected chi connectivity index (χ4v) is 2.29. The number of hydrogen-bond acceptors (Lipinski definition) is 4. The van der Waals surface area contributed by atoms with Gasteiger partial charge < -0.3 is 4.74 Å². The number of aromatic amines is 2. The van der Waals surface area contributed by atoms with E-state index < -0.39 is 0 Å². The van der Waals surface area contributed by atoms with Crippen LogP contribution < -0.4 is 4.74 Å².